The van der Waals surface area contributed by atoms with E-state index in [0.717, 1.165) is 56.6 Å². The Morgan fingerprint density at radius 3 is 2.79 bits per heavy atom. The van der Waals surface area contributed by atoms with E-state index in [0.29, 0.717) is 6.42 Å². The van der Waals surface area contributed by atoms with Crippen molar-refractivity contribution in [3.8, 4) is 0 Å². The first-order chi connectivity index (χ1) is 13.8. The molecule has 1 heterocycles. The summed E-state index contributed by atoms with van der Waals surface area (Å²) in [5, 5.41) is 3.01. The average Bonchev–Trinajstić information content (AvgIpc) is 3.07. The monoisotopic (exact) mass is 383 g/mol. The van der Waals surface area contributed by atoms with Crippen LogP contribution < -0.4 is 5.32 Å². The number of benzene rings is 1. The van der Waals surface area contributed by atoms with Gasteiger partial charge < -0.3 is 9.88 Å². The number of carbonyl (C=O) groups excluding carboxylic acids is 1. The highest BCUT2D eigenvalue weighted by Crippen LogP contribution is 2.28. The van der Waals surface area contributed by atoms with Gasteiger partial charge in [0.1, 0.15) is 5.82 Å². The Morgan fingerprint density at radius 1 is 1.14 bits per heavy atom. The van der Waals surface area contributed by atoms with Gasteiger partial charge in [-0.15, -0.1) is 0 Å². The van der Waals surface area contributed by atoms with Crippen LogP contribution in [0.3, 0.4) is 0 Å². The summed E-state index contributed by atoms with van der Waals surface area (Å²) in [4.78, 5) is 16.5. The molecule has 1 N–H and O–H groups in total. The van der Waals surface area contributed by atoms with Crippen molar-refractivity contribution in [2.24, 2.45) is 5.92 Å². The van der Waals surface area contributed by atoms with Gasteiger partial charge in [0, 0.05) is 25.9 Å². The molecular weight excluding hydrogens is 346 g/mol. The highest BCUT2D eigenvalue weighted by molar-refractivity contribution is 5.76. The second kappa shape index (κ2) is 11.2. The first-order valence-corrected chi connectivity index (χ1v) is 11.5. The van der Waals surface area contributed by atoms with Crippen LogP contribution in [0.5, 0.6) is 0 Å². The van der Waals surface area contributed by atoms with Gasteiger partial charge in [-0.2, -0.15) is 0 Å². The van der Waals surface area contributed by atoms with Crippen LogP contribution in [0.15, 0.2) is 24.3 Å². The van der Waals surface area contributed by atoms with Crippen molar-refractivity contribution in [2.75, 3.05) is 6.54 Å². The van der Waals surface area contributed by atoms with E-state index in [-0.39, 0.29) is 5.91 Å². The molecule has 28 heavy (non-hydrogen) atoms. The predicted octanol–water partition coefficient (Wildman–Crippen LogP) is 5.64. The summed E-state index contributed by atoms with van der Waals surface area (Å²) in [6.45, 7) is 3.95. The van der Waals surface area contributed by atoms with Gasteiger partial charge in [0.2, 0.25) is 5.91 Å². The highest BCUT2D eigenvalue weighted by atomic mass is 16.1. The number of carbonyl (C=O) groups is 1. The molecule has 154 valence electrons. The third kappa shape index (κ3) is 6.08. The molecule has 1 saturated carbocycles. The van der Waals surface area contributed by atoms with E-state index < -0.39 is 0 Å². The maximum atomic E-state index is 11.5. The van der Waals surface area contributed by atoms with Gasteiger partial charge in [0.25, 0.3) is 0 Å². The van der Waals surface area contributed by atoms with E-state index in [1.807, 2.05) is 6.92 Å². The molecule has 2 aromatic rings. The minimum atomic E-state index is 0.187. The summed E-state index contributed by atoms with van der Waals surface area (Å²) in [5.74, 6) is 2.33. The number of nitrogens with zero attached hydrogens (tertiary/aromatic N) is 2. The summed E-state index contributed by atoms with van der Waals surface area (Å²) in [7, 11) is 0. The molecule has 1 aliphatic rings. The molecule has 0 saturated heterocycles. The molecule has 1 aliphatic carbocycles. The third-order valence-corrected chi connectivity index (χ3v) is 6.10. The van der Waals surface area contributed by atoms with Gasteiger partial charge in [-0.1, -0.05) is 57.6 Å². The number of aryl methyl sites for hydroxylation is 2. The fourth-order valence-electron chi connectivity index (χ4n) is 4.48. The van der Waals surface area contributed by atoms with Crippen LogP contribution in [0.2, 0.25) is 0 Å². The highest BCUT2D eigenvalue weighted by Gasteiger charge is 2.16. The van der Waals surface area contributed by atoms with Crippen molar-refractivity contribution in [2.45, 2.75) is 90.5 Å². The number of amides is 1. The maximum Gasteiger partial charge on any atom is 0.219 e. The second-order valence-corrected chi connectivity index (χ2v) is 8.37. The number of nitrogens with one attached hydrogen (secondary N) is 1. The molecule has 1 aromatic carbocycles. The smallest absolute Gasteiger partial charge is 0.219 e. The maximum absolute atomic E-state index is 11.5. The summed E-state index contributed by atoms with van der Waals surface area (Å²) >= 11 is 0. The molecule has 0 radical (unpaired) electrons. The molecular formula is C24H37N3O. The standard InChI is InChI=1S/C24H37N3O/c1-2-11-24(28)25-18-10-4-7-16-23-26-21-14-8-9-15-22(21)27(23)19-17-20-12-5-3-6-13-20/h8-9,14-15,20H,2-7,10-13,16-19H2,1H3,(H,25,28). The van der Waals surface area contributed by atoms with Gasteiger partial charge in [-0.25, -0.2) is 4.98 Å². The fraction of sp³-hybridized carbons (Fsp3) is 0.667. The molecule has 0 aliphatic heterocycles. The molecule has 0 atom stereocenters. The molecule has 0 bridgehead atoms. The van der Waals surface area contributed by atoms with Crippen LogP contribution in [0.25, 0.3) is 11.0 Å². The van der Waals surface area contributed by atoms with Crippen LogP contribution in [0, 0.1) is 5.92 Å². The molecule has 1 aromatic heterocycles. The van der Waals surface area contributed by atoms with E-state index in [1.165, 1.54) is 49.9 Å². The SMILES string of the molecule is CCCC(=O)NCCCCCc1nc2ccccc2n1CCC1CCCCC1. The van der Waals surface area contributed by atoms with Crippen molar-refractivity contribution in [3.05, 3.63) is 30.1 Å². The van der Waals surface area contributed by atoms with E-state index in [2.05, 4.69) is 34.1 Å². The van der Waals surface area contributed by atoms with Gasteiger partial charge >= 0.3 is 0 Å². The minimum absolute atomic E-state index is 0.187. The normalized spacial score (nSPS) is 15.2. The quantitative estimate of drug-likeness (QED) is 0.511. The van der Waals surface area contributed by atoms with Crippen molar-refractivity contribution < 1.29 is 4.79 Å². The van der Waals surface area contributed by atoms with Crippen LogP contribution in [-0.2, 0) is 17.8 Å². The zero-order chi connectivity index (χ0) is 19.6. The van der Waals surface area contributed by atoms with Crippen molar-refractivity contribution in [3.63, 3.8) is 0 Å². The number of rotatable bonds is 11. The molecule has 1 fully saturated rings. The van der Waals surface area contributed by atoms with E-state index in [9.17, 15) is 4.79 Å². The van der Waals surface area contributed by atoms with Gasteiger partial charge in [-0.3, -0.25) is 4.79 Å². The zero-order valence-corrected chi connectivity index (χ0v) is 17.6. The number of para-hydroxylation sites is 2. The lowest BCUT2D eigenvalue weighted by atomic mass is 9.87. The van der Waals surface area contributed by atoms with Crippen LogP contribution in [0.1, 0.15) is 83.4 Å². The first-order valence-electron chi connectivity index (χ1n) is 11.5. The summed E-state index contributed by atoms with van der Waals surface area (Å²) in [5.41, 5.74) is 2.42. The second-order valence-electron chi connectivity index (χ2n) is 8.37. The zero-order valence-electron chi connectivity index (χ0n) is 17.6. The number of hydrogen-bond acceptors (Lipinski definition) is 2. The van der Waals surface area contributed by atoms with E-state index in [1.54, 1.807) is 0 Å². The van der Waals surface area contributed by atoms with Gasteiger partial charge in [-0.05, 0) is 43.7 Å². The number of hydrogen-bond donors (Lipinski definition) is 1. The average molecular weight is 384 g/mol. The summed E-state index contributed by atoms with van der Waals surface area (Å²) in [6, 6.07) is 8.57. The third-order valence-electron chi connectivity index (χ3n) is 6.10. The van der Waals surface area contributed by atoms with Gasteiger partial charge in [0.05, 0.1) is 11.0 Å². The lowest BCUT2D eigenvalue weighted by molar-refractivity contribution is -0.121. The number of imidazole rings is 1. The van der Waals surface area contributed by atoms with E-state index in [4.69, 9.17) is 4.98 Å². The number of aromatic nitrogens is 2. The lowest BCUT2D eigenvalue weighted by Crippen LogP contribution is -2.23. The molecule has 0 unspecified atom stereocenters. The van der Waals surface area contributed by atoms with Crippen molar-refractivity contribution >= 4 is 16.9 Å². The Morgan fingerprint density at radius 2 is 1.96 bits per heavy atom. The van der Waals surface area contributed by atoms with Crippen LogP contribution in [-0.4, -0.2) is 22.0 Å². The lowest BCUT2D eigenvalue weighted by Gasteiger charge is -2.22. The molecule has 0 spiro atoms. The Kier molecular flexibility index (Phi) is 8.38. The fourth-order valence-corrected chi connectivity index (χ4v) is 4.48. The Bertz CT molecular complexity index is 731. The van der Waals surface area contributed by atoms with E-state index >= 15 is 0 Å². The largest absolute Gasteiger partial charge is 0.356 e. The molecule has 1 amide bonds. The number of fused-ring (bicyclic) bond motifs is 1. The first kappa shape index (κ1) is 20.9. The molecule has 4 heteroatoms. The minimum Gasteiger partial charge on any atom is -0.356 e. The Labute approximate surface area is 170 Å². The molecule has 4 nitrogen and oxygen atoms in total. The Balaban J connectivity index is 1.51. The van der Waals surface area contributed by atoms with Crippen LogP contribution >= 0.6 is 0 Å². The number of unbranched alkanes of at least 4 members (excludes halogenated alkanes) is 2. The summed E-state index contributed by atoms with van der Waals surface area (Å²) in [6.07, 6.45) is 14.3. The Hall–Kier alpha value is -1.84. The van der Waals surface area contributed by atoms with Crippen molar-refractivity contribution in [1.29, 1.82) is 0 Å². The molecule has 3 rings (SSSR count). The predicted molar refractivity (Wildman–Crippen MR) is 116 cm³/mol. The van der Waals surface area contributed by atoms with Crippen LogP contribution in [0.4, 0.5) is 0 Å². The van der Waals surface area contributed by atoms with Crippen molar-refractivity contribution in [1.82, 2.24) is 14.9 Å². The van der Waals surface area contributed by atoms with Gasteiger partial charge in [0.15, 0.2) is 0 Å². The summed E-state index contributed by atoms with van der Waals surface area (Å²) < 4.78 is 2.48. The topological polar surface area (TPSA) is 46.9 Å².